The molecule has 0 saturated heterocycles. The summed E-state index contributed by atoms with van der Waals surface area (Å²) in [5.41, 5.74) is 1.56. The smallest absolute Gasteiger partial charge is 0.320 e. The second-order valence-corrected chi connectivity index (χ2v) is 5.87. The lowest BCUT2D eigenvalue weighted by molar-refractivity contribution is -0.139. The van der Waals surface area contributed by atoms with Crippen LogP contribution in [0.5, 0.6) is 11.5 Å². The highest BCUT2D eigenvalue weighted by Crippen LogP contribution is 2.37. The molecule has 1 atom stereocenters. The predicted octanol–water partition coefficient (Wildman–Crippen LogP) is 3.63. The summed E-state index contributed by atoms with van der Waals surface area (Å²) in [5.74, 6) is -0.429. The van der Waals surface area contributed by atoms with Crippen molar-refractivity contribution in [2.75, 3.05) is 7.11 Å². The lowest BCUT2D eigenvalue weighted by Gasteiger charge is -2.15. The van der Waals surface area contributed by atoms with Gasteiger partial charge in [0.15, 0.2) is 11.5 Å². The van der Waals surface area contributed by atoms with Gasteiger partial charge in [-0.1, -0.05) is 23.7 Å². The number of carbonyl (C=O) groups is 1. The number of hydrogen-bond donors (Lipinski definition) is 2. The van der Waals surface area contributed by atoms with Crippen molar-refractivity contribution in [1.29, 1.82) is 0 Å². The van der Waals surface area contributed by atoms with Crippen molar-refractivity contribution in [2.45, 2.75) is 26.1 Å². The molecule has 134 valence electrons. The van der Waals surface area contributed by atoms with E-state index < -0.39 is 12.0 Å². The molecular formula is C18H19ClFNO4. The minimum absolute atomic E-state index is 0.212. The van der Waals surface area contributed by atoms with Gasteiger partial charge in [0, 0.05) is 6.54 Å². The SMILES string of the molecule is COc1cc(CNC(C)C(=O)O)cc(Cl)c1OCc1ccc(F)cc1. The highest BCUT2D eigenvalue weighted by molar-refractivity contribution is 6.32. The molecule has 0 radical (unpaired) electrons. The van der Waals surface area contributed by atoms with Crippen molar-refractivity contribution in [3.8, 4) is 11.5 Å². The average molecular weight is 368 g/mol. The molecule has 2 N–H and O–H groups in total. The summed E-state index contributed by atoms with van der Waals surface area (Å²) in [4.78, 5) is 10.8. The molecule has 0 amide bonds. The lowest BCUT2D eigenvalue weighted by Crippen LogP contribution is -2.33. The number of hydrogen-bond acceptors (Lipinski definition) is 4. The summed E-state index contributed by atoms with van der Waals surface area (Å²) < 4.78 is 24.0. The molecule has 0 spiro atoms. The average Bonchev–Trinajstić information content (AvgIpc) is 2.59. The minimum Gasteiger partial charge on any atom is -0.493 e. The molecule has 7 heteroatoms. The predicted molar refractivity (Wildman–Crippen MR) is 92.7 cm³/mol. The van der Waals surface area contributed by atoms with E-state index in [1.807, 2.05) is 0 Å². The summed E-state index contributed by atoms with van der Waals surface area (Å²) in [6.45, 7) is 2.09. The van der Waals surface area contributed by atoms with E-state index in [2.05, 4.69) is 5.32 Å². The van der Waals surface area contributed by atoms with Crippen LogP contribution in [0, 0.1) is 5.82 Å². The third kappa shape index (κ3) is 5.34. The van der Waals surface area contributed by atoms with E-state index in [4.69, 9.17) is 26.2 Å². The first-order valence-electron chi connectivity index (χ1n) is 7.60. The van der Waals surface area contributed by atoms with Crippen LogP contribution >= 0.6 is 11.6 Å². The van der Waals surface area contributed by atoms with E-state index in [0.29, 0.717) is 23.1 Å². The molecule has 0 aromatic heterocycles. The third-order valence-corrected chi connectivity index (χ3v) is 3.85. The van der Waals surface area contributed by atoms with E-state index in [0.717, 1.165) is 11.1 Å². The molecule has 1 unspecified atom stereocenters. The van der Waals surface area contributed by atoms with Crippen molar-refractivity contribution in [2.24, 2.45) is 0 Å². The van der Waals surface area contributed by atoms with E-state index >= 15 is 0 Å². The fourth-order valence-electron chi connectivity index (χ4n) is 2.11. The Morgan fingerprint density at radius 2 is 1.96 bits per heavy atom. The molecule has 2 aromatic rings. The maximum atomic E-state index is 12.9. The van der Waals surface area contributed by atoms with E-state index in [1.165, 1.54) is 19.2 Å². The Bertz CT molecular complexity index is 737. The van der Waals surface area contributed by atoms with E-state index in [1.54, 1.807) is 31.2 Å². The number of rotatable bonds is 8. The molecule has 0 aliphatic carbocycles. The second-order valence-electron chi connectivity index (χ2n) is 5.46. The van der Waals surface area contributed by atoms with Gasteiger partial charge in [-0.2, -0.15) is 0 Å². The van der Waals surface area contributed by atoms with Crippen LogP contribution in [0.15, 0.2) is 36.4 Å². The van der Waals surface area contributed by atoms with Crippen molar-refractivity contribution in [1.82, 2.24) is 5.32 Å². The fraction of sp³-hybridized carbons (Fsp3) is 0.278. The van der Waals surface area contributed by atoms with E-state index in [9.17, 15) is 9.18 Å². The molecule has 0 aliphatic heterocycles. The first-order valence-corrected chi connectivity index (χ1v) is 7.98. The van der Waals surface area contributed by atoms with Crippen molar-refractivity contribution < 1.29 is 23.8 Å². The topological polar surface area (TPSA) is 67.8 Å². The Balaban J connectivity index is 2.10. The van der Waals surface area contributed by atoms with Crippen LogP contribution in [0.4, 0.5) is 4.39 Å². The molecule has 0 fully saturated rings. The van der Waals surface area contributed by atoms with Crippen molar-refractivity contribution in [3.63, 3.8) is 0 Å². The molecule has 25 heavy (non-hydrogen) atoms. The zero-order valence-corrected chi connectivity index (χ0v) is 14.6. The van der Waals surface area contributed by atoms with Gasteiger partial charge in [0.1, 0.15) is 18.5 Å². The third-order valence-electron chi connectivity index (χ3n) is 3.57. The van der Waals surface area contributed by atoms with Gasteiger partial charge in [0.25, 0.3) is 0 Å². The molecule has 2 aromatic carbocycles. The number of halogens is 2. The lowest BCUT2D eigenvalue weighted by atomic mass is 10.2. The maximum Gasteiger partial charge on any atom is 0.320 e. The number of ether oxygens (including phenoxy) is 2. The van der Waals surface area contributed by atoms with Crippen LogP contribution in [0.1, 0.15) is 18.1 Å². The van der Waals surface area contributed by atoms with Crippen LogP contribution < -0.4 is 14.8 Å². The van der Waals surface area contributed by atoms with Gasteiger partial charge in [-0.05, 0) is 42.3 Å². The summed E-state index contributed by atoms with van der Waals surface area (Å²) >= 11 is 6.27. The maximum absolute atomic E-state index is 12.9. The zero-order valence-electron chi connectivity index (χ0n) is 13.9. The van der Waals surface area contributed by atoms with Gasteiger partial charge in [-0.25, -0.2) is 4.39 Å². The van der Waals surface area contributed by atoms with Crippen LogP contribution in [0.25, 0.3) is 0 Å². The Morgan fingerprint density at radius 3 is 2.56 bits per heavy atom. The van der Waals surface area contributed by atoms with Gasteiger partial charge in [-0.15, -0.1) is 0 Å². The van der Waals surface area contributed by atoms with Gasteiger partial charge >= 0.3 is 5.97 Å². The zero-order chi connectivity index (χ0) is 18.4. The molecular weight excluding hydrogens is 349 g/mol. The summed E-state index contributed by atoms with van der Waals surface area (Å²) in [6.07, 6.45) is 0. The Kier molecular flexibility index (Phi) is 6.61. The summed E-state index contributed by atoms with van der Waals surface area (Å²) in [5, 5.41) is 12.1. The number of benzene rings is 2. The molecule has 5 nitrogen and oxygen atoms in total. The summed E-state index contributed by atoms with van der Waals surface area (Å²) in [6, 6.07) is 8.70. The van der Waals surface area contributed by atoms with Crippen LogP contribution in [-0.4, -0.2) is 24.2 Å². The number of nitrogens with one attached hydrogen (secondary N) is 1. The van der Waals surface area contributed by atoms with Crippen molar-refractivity contribution in [3.05, 3.63) is 58.4 Å². The normalized spacial score (nSPS) is 11.8. The minimum atomic E-state index is -0.933. The summed E-state index contributed by atoms with van der Waals surface area (Å²) in [7, 11) is 1.49. The monoisotopic (exact) mass is 367 g/mol. The quantitative estimate of drug-likeness (QED) is 0.745. The van der Waals surface area contributed by atoms with Crippen LogP contribution in [0.2, 0.25) is 5.02 Å². The van der Waals surface area contributed by atoms with E-state index in [-0.39, 0.29) is 12.4 Å². The highest BCUT2D eigenvalue weighted by Gasteiger charge is 2.14. The van der Waals surface area contributed by atoms with Crippen LogP contribution in [-0.2, 0) is 17.9 Å². The number of carboxylic acids is 1. The van der Waals surface area contributed by atoms with Gasteiger partial charge in [0.2, 0.25) is 0 Å². The number of methoxy groups -OCH3 is 1. The number of aliphatic carboxylic acids is 1. The second kappa shape index (κ2) is 8.69. The molecule has 0 bridgehead atoms. The van der Waals surface area contributed by atoms with Gasteiger partial charge < -0.3 is 19.9 Å². The highest BCUT2D eigenvalue weighted by atomic mass is 35.5. The first kappa shape index (κ1) is 19.0. The largest absolute Gasteiger partial charge is 0.493 e. The first-order chi connectivity index (χ1) is 11.9. The molecule has 0 aliphatic rings. The Labute approximate surface area is 150 Å². The molecule has 0 heterocycles. The Morgan fingerprint density at radius 1 is 1.28 bits per heavy atom. The van der Waals surface area contributed by atoms with Crippen LogP contribution in [0.3, 0.4) is 0 Å². The molecule has 2 rings (SSSR count). The van der Waals surface area contributed by atoms with Crippen molar-refractivity contribution >= 4 is 17.6 Å². The van der Waals surface area contributed by atoms with Gasteiger partial charge in [0.05, 0.1) is 12.1 Å². The fourth-order valence-corrected chi connectivity index (χ4v) is 2.40. The molecule has 0 saturated carbocycles. The van der Waals surface area contributed by atoms with Gasteiger partial charge in [-0.3, -0.25) is 4.79 Å². The number of carboxylic acid groups (broad SMARTS) is 1. The standard InChI is InChI=1S/C18H19ClFNO4/c1-11(18(22)23)21-9-13-7-15(19)17(16(8-13)24-2)25-10-12-3-5-14(20)6-4-12/h3-8,11,21H,9-10H2,1-2H3,(H,22,23). The Hall–Kier alpha value is -2.31.